The fourth-order valence-electron chi connectivity index (χ4n) is 3.57. The minimum Gasteiger partial charge on any atom is -0.463 e. The minimum absolute atomic E-state index is 0.0585. The minimum atomic E-state index is -0.406. The standard InChI is InChI=1S/C26H23ClO4/c1-17(2)25(19-11-12-22-23(27)16-29-24(22)14-19)26(28)30-15-18-7-6-10-21(13-18)31-20-8-4-3-5-9-20/h3-14,16-17,25H,15H2,1-2H3. The molecule has 0 aliphatic heterocycles. The Morgan fingerprint density at radius 2 is 1.74 bits per heavy atom. The molecule has 1 atom stereocenters. The van der Waals surface area contributed by atoms with Gasteiger partial charge in [0.05, 0.1) is 10.9 Å². The van der Waals surface area contributed by atoms with E-state index in [2.05, 4.69) is 0 Å². The molecule has 0 N–H and O–H groups in total. The van der Waals surface area contributed by atoms with Crippen molar-refractivity contribution in [3.05, 3.63) is 95.2 Å². The summed E-state index contributed by atoms with van der Waals surface area (Å²) in [6.45, 7) is 4.17. The number of hydrogen-bond donors (Lipinski definition) is 0. The normalized spacial score (nSPS) is 12.1. The molecule has 4 aromatic rings. The van der Waals surface area contributed by atoms with Crippen LogP contribution in [0.4, 0.5) is 0 Å². The van der Waals surface area contributed by atoms with Crippen molar-refractivity contribution < 1.29 is 18.7 Å². The largest absolute Gasteiger partial charge is 0.463 e. The van der Waals surface area contributed by atoms with Crippen LogP contribution in [0.3, 0.4) is 0 Å². The molecular weight excluding hydrogens is 412 g/mol. The van der Waals surface area contributed by atoms with Crippen LogP contribution in [0, 0.1) is 5.92 Å². The molecule has 0 aliphatic carbocycles. The number of fused-ring (bicyclic) bond motifs is 1. The van der Waals surface area contributed by atoms with Gasteiger partial charge in [-0.25, -0.2) is 0 Å². The Kier molecular flexibility index (Phi) is 6.28. The fourth-order valence-corrected chi connectivity index (χ4v) is 3.77. The monoisotopic (exact) mass is 434 g/mol. The van der Waals surface area contributed by atoms with Gasteiger partial charge in [0, 0.05) is 5.39 Å². The third-order valence-electron chi connectivity index (χ3n) is 5.09. The lowest BCUT2D eigenvalue weighted by Gasteiger charge is -2.20. The number of halogens is 1. The van der Waals surface area contributed by atoms with Crippen molar-refractivity contribution in [2.24, 2.45) is 5.92 Å². The highest BCUT2D eigenvalue weighted by Crippen LogP contribution is 2.32. The zero-order valence-corrected chi connectivity index (χ0v) is 18.1. The highest BCUT2D eigenvalue weighted by molar-refractivity contribution is 6.35. The number of carbonyl (C=O) groups excluding carboxylic acids is 1. The summed E-state index contributed by atoms with van der Waals surface area (Å²) < 4.78 is 17.0. The third kappa shape index (κ3) is 4.92. The lowest BCUT2D eigenvalue weighted by Crippen LogP contribution is -2.20. The summed E-state index contributed by atoms with van der Waals surface area (Å²) >= 11 is 6.12. The number of furan rings is 1. The van der Waals surface area contributed by atoms with Crippen LogP contribution in [-0.2, 0) is 16.1 Å². The molecule has 1 unspecified atom stereocenters. The number of esters is 1. The maximum absolute atomic E-state index is 13.0. The van der Waals surface area contributed by atoms with Crippen molar-refractivity contribution in [2.45, 2.75) is 26.4 Å². The van der Waals surface area contributed by atoms with E-state index in [1.54, 1.807) is 0 Å². The molecule has 0 bridgehead atoms. The molecule has 0 spiro atoms. The quantitative estimate of drug-likeness (QED) is 0.285. The number of para-hydroxylation sites is 1. The molecule has 5 heteroatoms. The molecule has 3 aromatic carbocycles. The van der Waals surface area contributed by atoms with Gasteiger partial charge in [-0.3, -0.25) is 4.79 Å². The van der Waals surface area contributed by atoms with E-state index in [1.165, 1.54) is 6.26 Å². The van der Waals surface area contributed by atoms with E-state index in [1.807, 2.05) is 86.6 Å². The summed E-state index contributed by atoms with van der Waals surface area (Å²) in [4.78, 5) is 13.0. The first-order valence-electron chi connectivity index (χ1n) is 10.2. The van der Waals surface area contributed by atoms with E-state index in [0.29, 0.717) is 16.4 Å². The van der Waals surface area contributed by atoms with Crippen molar-refractivity contribution in [1.82, 2.24) is 0 Å². The summed E-state index contributed by atoms with van der Waals surface area (Å²) in [5.41, 5.74) is 2.36. The second kappa shape index (κ2) is 9.27. The van der Waals surface area contributed by atoms with Gasteiger partial charge >= 0.3 is 5.97 Å². The molecule has 0 radical (unpaired) electrons. The van der Waals surface area contributed by atoms with E-state index < -0.39 is 5.92 Å². The number of rotatable bonds is 7. The second-order valence-electron chi connectivity index (χ2n) is 7.73. The van der Waals surface area contributed by atoms with Crippen molar-refractivity contribution in [2.75, 3.05) is 0 Å². The first-order valence-corrected chi connectivity index (χ1v) is 10.5. The Balaban J connectivity index is 1.46. The predicted molar refractivity (Wildman–Crippen MR) is 122 cm³/mol. The molecule has 158 valence electrons. The number of carbonyl (C=O) groups is 1. The Hall–Kier alpha value is -3.24. The van der Waals surface area contributed by atoms with Crippen LogP contribution in [0.1, 0.15) is 30.9 Å². The highest BCUT2D eigenvalue weighted by Gasteiger charge is 2.26. The highest BCUT2D eigenvalue weighted by atomic mass is 35.5. The van der Waals surface area contributed by atoms with Crippen LogP contribution >= 0.6 is 11.6 Å². The van der Waals surface area contributed by atoms with Gasteiger partial charge in [-0.05, 0) is 53.4 Å². The molecule has 31 heavy (non-hydrogen) atoms. The Labute approximate surface area is 186 Å². The lowest BCUT2D eigenvalue weighted by molar-refractivity contribution is -0.148. The van der Waals surface area contributed by atoms with Crippen LogP contribution in [-0.4, -0.2) is 5.97 Å². The first-order chi connectivity index (χ1) is 15.0. The van der Waals surface area contributed by atoms with E-state index in [9.17, 15) is 4.79 Å². The Morgan fingerprint density at radius 3 is 2.52 bits per heavy atom. The molecule has 4 rings (SSSR count). The molecule has 4 nitrogen and oxygen atoms in total. The maximum Gasteiger partial charge on any atom is 0.314 e. The Morgan fingerprint density at radius 1 is 0.968 bits per heavy atom. The van der Waals surface area contributed by atoms with E-state index in [-0.39, 0.29) is 18.5 Å². The summed E-state index contributed by atoms with van der Waals surface area (Å²) in [5.74, 6) is 0.826. The van der Waals surface area contributed by atoms with Gasteiger partial charge < -0.3 is 13.9 Å². The van der Waals surface area contributed by atoms with Gasteiger partial charge in [0.2, 0.25) is 0 Å². The van der Waals surface area contributed by atoms with Gasteiger partial charge in [0.25, 0.3) is 0 Å². The average Bonchev–Trinajstić information content (AvgIpc) is 3.13. The molecule has 0 saturated carbocycles. The fraction of sp³-hybridized carbons (Fsp3) is 0.192. The second-order valence-corrected chi connectivity index (χ2v) is 8.14. The molecule has 0 aliphatic rings. The molecule has 0 saturated heterocycles. The number of ether oxygens (including phenoxy) is 2. The van der Waals surface area contributed by atoms with Crippen LogP contribution in [0.25, 0.3) is 11.0 Å². The zero-order valence-electron chi connectivity index (χ0n) is 17.4. The Bertz CT molecular complexity index is 1180. The summed E-state index contributed by atoms with van der Waals surface area (Å²) in [6, 6.07) is 22.7. The predicted octanol–water partition coefficient (Wildman–Crippen LogP) is 7.36. The zero-order chi connectivity index (χ0) is 21.8. The van der Waals surface area contributed by atoms with Gasteiger partial charge in [0.1, 0.15) is 30.0 Å². The molecule has 0 fully saturated rings. The van der Waals surface area contributed by atoms with Crippen molar-refractivity contribution in [3.8, 4) is 11.5 Å². The molecule has 1 heterocycles. The van der Waals surface area contributed by atoms with Gasteiger partial charge in [-0.15, -0.1) is 0 Å². The van der Waals surface area contributed by atoms with Gasteiger partial charge in [0.15, 0.2) is 0 Å². The third-order valence-corrected chi connectivity index (χ3v) is 5.38. The van der Waals surface area contributed by atoms with E-state index >= 15 is 0 Å². The smallest absolute Gasteiger partial charge is 0.314 e. The number of benzene rings is 3. The molecule has 0 amide bonds. The van der Waals surface area contributed by atoms with Crippen LogP contribution in [0.2, 0.25) is 5.02 Å². The van der Waals surface area contributed by atoms with Gasteiger partial charge in [-0.2, -0.15) is 0 Å². The van der Waals surface area contributed by atoms with Crippen LogP contribution < -0.4 is 4.74 Å². The van der Waals surface area contributed by atoms with Crippen molar-refractivity contribution in [1.29, 1.82) is 0 Å². The lowest BCUT2D eigenvalue weighted by atomic mass is 9.88. The van der Waals surface area contributed by atoms with Crippen molar-refractivity contribution >= 4 is 28.5 Å². The van der Waals surface area contributed by atoms with E-state index in [0.717, 1.165) is 22.3 Å². The molecular formula is C26H23ClO4. The van der Waals surface area contributed by atoms with Crippen LogP contribution in [0.15, 0.2) is 83.5 Å². The number of hydrogen-bond acceptors (Lipinski definition) is 4. The maximum atomic E-state index is 13.0. The first kappa shape index (κ1) is 21.0. The summed E-state index contributed by atoms with van der Waals surface area (Å²) in [7, 11) is 0. The summed E-state index contributed by atoms with van der Waals surface area (Å²) in [6.07, 6.45) is 1.50. The van der Waals surface area contributed by atoms with E-state index in [4.69, 9.17) is 25.5 Å². The van der Waals surface area contributed by atoms with Crippen LogP contribution in [0.5, 0.6) is 11.5 Å². The van der Waals surface area contributed by atoms with Crippen molar-refractivity contribution in [3.63, 3.8) is 0 Å². The SMILES string of the molecule is CC(C)C(C(=O)OCc1cccc(Oc2ccccc2)c1)c1ccc2c(Cl)coc2c1. The summed E-state index contributed by atoms with van der Waals surface area (Å²) in [5, 5.41) is 1.39. The average molecular weight is 435 g/mol. The molecule has 1 aromatic heterocycles. The van der Waals surface area contributed by atoms with Gasteiger partial charge in [-0.1, -0.05) is 61.8 Å². The topological polar surface area (TPSA) is 48.7 Å².